The number of hydrogen-bond donors (Lipinski definition) is 2. The summed E-state index contributed by atoms with van der Waals surface area (Å²) in [5.41, 5.74) is 3.01. The molecule has 0 spiro atoms. The highest BCUT2D eigenvalue weighted by atomic mass is 32.1. The summed E-state index contributed by atoms with van der Waals surface area (Å²) in [6.45, 7) is 4.04. The van der Waals surface area contributed by atoms with E-state index >= 15 is 0 Å². The molecule has 0 atom stereocenters. The number of fused-ring (bicyclic) bond motifs is 1. The Balaban J connectivity index is 1.55. The van der Waals surface area contributed by atoms with Gasteiger partial charge in [-0.2, -0.15) is 5.10 Å². The number of pyridine rings is 1. The Hall–Kier alpha value is -4.05. The zero-order valence-corrected chi connectivity index (χ0v) is 18.0. The van der Waals surface area contributed by atoms with Crippen LogP contribution in [0.15, 0.2) is 63.4 Å². The number of hydrogen-bond acceptors (Lipinski definition) is 7. The van der Waals surface area contributed by atoms with Crippen molar-refractivity contribution in [1.82, 2.24) is 24.9 Å². The van der Waals surface area contributed by atoms with Crippen LogP contribution in [0.25, 0.3) is 33.0 Å². The summed E-state index contributed by atoms with van der Waals surface area (Å²) in [5, 5.41) is 13.7. The van der Waals surface area contributed by atoms with Crippen LogP contribution in [0, 0.1) is 0 Å². The van der Waals surface area contributed by atoms with Crippen molar-refractivity contribution in [2.45, 2.75) is 19.9 Å². The van der Waals surface area contributed by atoms with Gasteiger partial charge in [0.25, 0.3) is 5.91 Å². The summed E-state index contributed by atoms with van der Waals surface area (Å²) in [6, 6.07) is 12.8. The van der Waals surface area contributed by atoms with Gasteiger partial charge in [0.15, 0.2) is 11.5 Å². The Kier molecular flexibility index (Phi) is 4.91. The zero-order valence-electron chi connectivity index (χ0n) is 17.2. The lowest BCUT2D eigenvalue weighted by Gasteiger charge is -2.11. The van der Waals surface area contributed by atoms with Crippen LogP contribution in [0.4, 0.5) is 5.69 Å². The number of rotatable bonds is 5. The van der Waals surface area contributed by atoms with E-state index in [0.29, 0.717) is 33.5 Å². The van der Waals surface area contributed by atoms with Gasteiger partial charge in [-0.25, -0.2) is 14.5 Å². The molecule has 0 radical (unpaired) electrons. The van der Waals surface area contributed by atoms with Crippen molar-refractivity contribution >= 4 is 34.0 Å². The van der Waals surface area contributed by atoms with Crippen LogP contribution in [0.2, 0.25) is 0 Å². The number of nitrogens with one attached hydrogen (secondary N) is 2. The van der Waals surface area contributed by atoms with Gasteiger partial charge in [-0.05, 0) is 43.5 Å². The molecule has 1 amide bonds. The molecule has 0 unspecified atom stereocenters. The minimum Gasteiger partial charge on any atom is -0.322 e. The van der Waals surface area contributed by atoms with E-state index < -0.39 is 5.76 Å². The van der Waals surface area contributed by atoms with Crippen LogP contribution >= 0.6 is 11.3 Å². The smallest absolute Gasteiger partial charge is 0.322 e. The lowest BCUT2D eigenvalue weighted by Crippen LogP contribution is -2.13. The van der Waals surface area contributed by atoms with Crippen LogP contribution in [0.5, 0.6) is 0 Å². The average Bonchev–Trinajstić information content (AvgIpc) is 3.53. The summed E-state index contributed by atoms with van der Waals surface area (Å²) in [5.74, 6) is -0.642. The number of benzene rings is 1. The molecule has 0 aliphatic rings. The first-order valence-corrected chi connectivity index (χ1v) is 10.8. The topological polar surface area (TPSA) is 119 Å². The second-order valence-corrected chi connectivity index (χ2v) is 8.38. The summed E-state index contributed by atoms with van der Waals surface area (Å²) < 4.78 is 6.37. The third-order valence-electron chi connectivity index (χ3n) is 4.91. The Bertz CT molecular complexity index is 1480. The summed E-state index contributed by atoms with van der Waals surface area (Å²) in [7, 11) is 0. The van der Waals surface area contributed by atoms with E-state index in [0.717, 1.165) is 4.88 Å². The maximum Gasteiger partial charge on any atom is 0.439 e. The van der Waals surface area contributed by atoms with E-state index in [1.807, 2.05) is 36.0 Å². The molecule has 10 heteroatoms. The van der Waals surface area contributed by atoms with Gasteiger partial charge in [0.05, 0.1) is 27.7 Å². The van der Waals surface area contributed by atoms with E-state index in [1.165, 1.54) is 0 Å². The van der Waals surface area contributed by atoms with Crippen LogP contribution in [-0.2, 0) is 0 Å². The maximum atomic E-state index is 13.3. The Morgan fingerprint density at radius 2 is 2.09 bits per heavy atom. The van der Waals surface area contributed by atoms with E-state index in [1.54, 1.807) is 47.9 Å². The van der Waals surface area contributed by atoms with Gasteiger partial charge in [0.2, 0.25) is 0 Å². The molecule has 160 valence electrons. The van der Waals surface area contributed by atoms with Gasteiger partial charge in [-0.1, -0.05) is 23.4 Å². The van der Waals surface area contributed by atoms with Crippen molar-refractivity contribution in [3.05, 3.63) is 70.2 Å². The van der Waals surface area contributed by atoms with Crippen molar-refractivity contribution in [1.29, 1.82) is 0 Å². The fourth-order valence-corrected chi connectivity index (χ4v) is 4.12. The second-order valence-electron chi connectivity index (χ2n) is 7.43. The molecule has 32 heavy (non-hydrogen) atoms. The van der Waals surface area contributed by atoms with Crippen LogP contribution in [0.1, 0.15) is 30.2 Å². The number of amides is 1. The van der Waals surface area contributed by atoms with Gasteiger partial charge in [-0.15, -0.1) is 11.3 Å². The number of aromatic amines is 1. The lowest BCUT2D eigenvalue weighted by atomic mass is 10.1. The quantitative estimate of drug-likeness (QED) is 0.415. The molecule has 1 aromatic carbocycles. The highest BCUT2D eigenvalue weighted by Crippen LogP contribution is 2.29. The largest absolute Gasteiger partial charge is 0.439 e. The molecule has 0 bridgehead atoms. The van der Waals surface area contributed by atoms with Gasteiger partial charge in [0, 0.05) is 17.3 Å². The van der Waals surface area contributed by atoms with Gasteiger partial charge in [-0.3, -0.25) is 14.3 Å². The predicted octanol–water partition coefficient (Wildman–Crippen LogP) is 4.34. The molecule has 5 aromatic rings. The molecule has 0 fully saturated rings. The minimum atomic E-state index is -0.642. The first-order chi connectivity index (χ1) is 15.5. The number of H-pyrrole nitrogens is 1. The monoisotopic (exact) mass is 446 g/mol. The Morgan fingerprint density at radius 1 is 1.22 bits per heavy atom. The molecule has 0 saturated carbocycles. The standard InChI is InChI=1S/C22H18N6O3S/c1-12(2)28-20-16(11-23-28)15(10-17(25-20)18-7-4-8-32-18)21(29)24-14-6-3-5-13(9-14)19-26-22(30)31-27-19/h3-12H,1-2H3,(H,24,29)(H,26,27,30). The number of nitrogens with zero attached hydrogens (tertiary/aromatic N) is 4. The molecule has 4 aromatic heterocycles. The number of aromatic nitrogens is 5. The molecule has 0 saturated heterocycles. The normalized spacial score (nSPS) is 11.3. The highest BCUT2D eigenvalue weighted by Gasteiger charge is 2.19. The molecule has 4 heterocycles. The summed E-state index contributed by atoms with van der Waals surface area (Å²) in [4.78, 5) is 32.8. The number of thiophene rings is 1. The maximum absolute atomic E-state index is 13.3. The first kappa shape index (κ1) is 19.9. The van der Waals surface area contributed by atoms with Crippen LogP contribution in [-0.4, -0.2) is 30.8 Å². The molecule has 9 nitrogen and oxygen atoms in total. The summed E-state index contributed by atoms with van der Waals surface area (Å²) in [6.07, 6.45) is 1.67. The van der Waals surface area contributed by atoms with Gasteiger partial charge < -0.3 is 5.32 Å². The Morgan fingerprint density at radius 3 is 2.81 bits per heavy atom. The first-order valence-electron chi connectivity index (χ1n) is 9.89. The van der Waals surface area contributed by atoms with Crippen molar-refractivity contribution in [3.63, 3.8) is 0 Å². The molecule has 0 aliphatic carbocycles. The molecule has 5 rings (SSSR count). The van der Waals surface area contributed by atoms with E-state index in [4.69, 9.17) is 4.98 Å². The molecule has 0 aliphatic heterocycles. The minimum absolute atomic E-state index is 0.0933. The van der Waals surface area contributed by atoms with E-state index in [2.05, 4.69) is 25.1 Å². The second kappa shape index (κ2) is 7.89. The highest BCUT2D eigenvalue weighted by molar-refractivity contribution is 7.13. The van der Waals surface area contributed by atoms with Gasteiger partial charge in [0.1, 0.15) is 0 Å². The molecule has 2 N–H and O–H groups in total. The SMILES string of the molecule is CC(C)n1ncc2c(C(=O)Nc3cccc(-c4noc(=O)[nH]4)c3)cc(-c3cccs3)nc21. The van der Waals surface area contributed by atoms with Crippen molar-refractivity contribution < 1.29 is 9.32 Å². The summed E-state index contributed by atoms with van der Waals surface area (Å²) >= 11 is 1.56. The number of carbonyl (C=O) groups is 1. The van der Waals surface area contributed by atoms with Gasteiger partial charge >= 0.3 is 5.76 Å². The number of carbonyl (C=O) groups excluding carboxylic acids is 1. The van der Waals surface area contributed by atoms with E-state index in [9.17, 15) is 9.59 Å². The van der Waals surface area contributed by atoms with Crippen LogP contribution < -0.4 is 11.1 Å². The fraction of sp³-hybridized carbons (Fsp3) is 0.136. The van der Waals surface area contributed by atoms with Crippen molar-refractivity contribution in [3.8, 4) is 22.0 Å². The molecular formula is C22H18N6O3S. The van der Waals surface area contributed by atoms with Crippen molar-refractivity contribution in [2.24, 2.45) is 0 Å². The fourth-order valence-electron chi connectivity index (χ4n) is 3.43. The van der Waals surface area contributed by atoms with Crippen LogP contribution in [0.3, 0.4) is 0 Å². The Labute approximate surface area is 185 Å². The third-order valence-corrected chi connectivity index (χ3v) is 5.80. The number of anilines is 1. The van der Waals surface area contributed by atoms with E-state index in [-0.39, 0.29) is 17.8 Å². The van der Waals surface area contributed by atoms with Crippen molar-refractivity contribution in [2.75, 3.05) is 5.32 Å². The molecular weight excluding hydrogens is 428 g/mol. The lowest BCUT2D eigenvalue weighted by molar-refractivity contribution is 0.102. The predicted molar refractivity (Wildman–Crippen MR) is 122 cm³/mol. The third kappa shape index (κ3) is 3.60. The average molecular weight is 446 g/mol. The zero-order chi connectivity index (χ0) is 22.2.